The summed E-state index contributed by atoms with van der Waals surface area (Å²) in [4.78, 5) is -0.340. The molecular formula is C14H8F3I2O5S-. The molecule has 0 atom stereocenters. The lowest BCUT2D eigenvalue weighted by Crippen LogP contribution is -2.12. The van der Waals surface area contributed by atoms with Crippen molar-refractivity contribution < 1.29 is 35.6 Å². The average molecular weight is 599 g/mol. The molecule has 0 unspecified atom stereocenters. The van der Waals surface area contributed by atoms with Crippen LogP contribution in [0.2, 0.25) is 0 Å². The zero-order valence-electron chi connectivity index (χ0n) is 12.1. The predicted octanol–water partition coefficient (Wildman–Crippen LogP) is 3.68. The Kier molecular flexibility index (Phi) is 6.78. The lowest BCUT2D eigenvalue weighted by atomic mass is 10.3. The highest BCUT2D eigenvalue weighted by Gasteiger charge is 2.15. The zero-order chi connectivity index (χ0) is 18.8. The second-order valence-corrected chi connectivity index (χ2v) is 8.21. The van der Waals surface area contributed by atoms with Crippen LogP contribution >= 0.6 is 45.2 Å². The van der Waals surface area contributed by atoms with Crippen molar-refractivity contribution >= 4 is 55.3 Å². The van der Waals surface area contributed by atoms with E-state index < -0.39 is 33.3 Å². The Morgan fingerprint density at radius 2 is 1.40 bits per heavy atom. The number of benzene rings is 2. The summed E-state index contributed by atoms with van der Waals surface area (Å²) in [5.41, 5.74) is 0. The number of ether oxygens (including phenoxy) is 2. The number of hydrogen-bond acceptors (Lipinski definition) is 5. The minimum absolute atomic E-state index is 0.119. The molecule has 11 heteroatoms. The van der Waals surface area contributed by atoms with Gasteiger partial charge in [0.2, 0.25) is 0 Å². The molecule has 0 bridgehead atoms. The van der Waals surface area contributed by atoms with Gasteiger partial charge >= 0.3 is 0 Å². The number of halogens is 5. The van der Waals surface area contributed by atoms with Gasteiger partial charge in [0, 0.05) is 19.3 Å². The molecule has 0 amide bonds. The third-order valence-corrected chi connectivity index (χ3v) is 6.16. The highest BCUT2D eigenvalue weighted by atomic mass is 127. The molecule has 136 valence electrons. The lowest BCUT2D eigenvalue weighted by molar-refractivity contribution is 0.204. The fourth-order valence-corrected chi connectivity index (χ4v) is 5.75. The van der Waals surface area contributed by atoms with Crippen molar-refractivity contribution in [2.75, 3.05) is 13.2 Å². The standard InChI is InChI=1S/C14H9F3I2O5S/c15-7-3-9(16)13(10(17)4-7)24-2-1-23-8-5-11(18)14(12(19)6-8)25(20,21)22/h3-6H,1-2H2,(H,20,21,22)/p-1. The van der Waals surface area contributed by atoms with Gasteiger partial charge in [0.15, 0.2) is 17.4 Å². The third kappa shape index (κ3) is 5.34. The molecule has 2 aromatic carbocycles. The third-order valence-electron chi connectivity index (χ3n) is 2.78. The van der Waals surface area contributed by atoms with E-state index in [1.54, 1.807) is 45.2 Å². The van der Waals surface area contributed by atoms with Crippen LogP contribution in [0.4, 0.5) is 13.2 Å². The van der Waals surface area contributed by atoms with Crippen molar-refractivity contribution in [3.05, 3.63) is 48.9 Å². The molecule has 0 aromatic heterocycles. The van der Waals surface area contributed by atoms with Crippen LogP contribution in [0.25, 0.3) is 0 Å². The molecule has 0 aliphatic carbocycles. The fraction of sp³-hybridized carbons (Fsp3) is 0.143. The van der Waals surface area contributed by atoms with Gasteiger partial charge in [-0.25, -0.2) is 21.6 Å². The van der Waals surface area contributed by atoms with Gasteiger partial charge in [-0.2, -0.15) is 0 Å². The molecule has 5 nitrogen and oxygen atoms in total. The minimum atomic E-state index is -4.61. The zero-order valence-corrected chi connectivity index (χ0v) is 17.2. The maximum absolute atomic E-state index is 13.4. The van der Waals surface area contributed by atoms with Crippen LogP contribution in [-0.2, 0) is 10.1 Å². The van der Waals surface area contributed by atoms with Gasteiger partial charge < -0.3 is 14.0 Å². The molecule has 0 N–H and O–H groups in total. The second-order valence-electron chi connectivity index (χ2n) is 4.57. The second kappa shape index (κ2) is 8.26. The van der Waals surface area contributed by atoms with E-state index in [1.807, 2.05) is 0 Å². The smallest absolute Gasteiger partial charge is 0.191 e. The van der Waals surface area contributed by atoms with Crippen LogP contribution in [0.1, 0.15) is 0 Å². The van der Waals surface area contributed by atoms with Crippen molar-refractivity contribution in [1.29, 1.82) is 0 Å². The Balaban J connectivity index is 2.02. The molecule has 0 fully saturated rings. The maximum Gasteiger partial charge on any atom is 0.191 e. The summed E-state index contributed by atoms with van der Waals surface area (Å²) in [6.45, 7) is -0.361. The van der Waals surface area contributed by atoms with Crippen molar-refractivity contribution in [3.8, 4) is 11.5 Å². The van der Waals surface area contributed by atoms with Gasteiger partial charge in [0.05, 0.1) is 4.90 Å². The first kappa shape index (κ1) is 20.5. The fourth-order valence-electron chi connectivity index (χ4n) is 1.83. The van der Waals surface area contributed by atoms with Gasteiger partial charge in [-0.1, -0.05) is 0 Å². The summed E-state index contributed by atoms with van der Waals surface area (Å²) in [6.07, 6.45) is 0. The van der Waals surface area contributed by atoms with Gasteiger partial charge in [-0.05, 0) is 57.3 Å². The minimum Gasteiger partial charge on any atom is -0.744 e. The van der Waals surface area contributed by atoms with Crippen LogP contribution in [0, 0.1) is 24.6 Å². The van der Waals surface area contributed by atoms with E-state index >= 15 is 0 Å². The van der Waals surface area contributed by atoms with E-state index in [9.17, 15) is 26.1 Å². The summed E-state index contributed by atoms with van der Waals surface area (Å²) in [5.74, 6) is -3.87. The van der Waals surface area contributed by atoms with E-state index in [0.717, 1.165) is 0 Å². The van der Waals surface area contributed by atoms with Crippen LogP contribution in [0.5, 0.6) is 11.5 Å². The van der Waals surface area contributed by atoms with E-state index in [4.69, 9.17) is 9.47 Å². The SMILES string of the molecule is O=S(=O)([O-])c1c(I)cc(OCCOc2c(F)cc(F)cc2F)cc1I. The van der Waals surface area contributed by atoms with Gasteiger partial charge in [-0.15, -0.1) is 0 Å². The lowest BCUT2D eigenvalue weighted by Gasteiger charge is -2.14. The molecule has 2 aromatic rings. The topological polar surface area (TPSA) is 75.7 Å². The van der Waals surface area contributed by atoms with Crippen LogP contribution in [0.3, 0.4) is 0 Å². The van der Waals surface area contributed by atoms with Gasteiger partial charge in [0.1, 0.15) is 34.9 Å². The maximum atomic E-state index is 13.4. The summed E-state index contributed by atoms with van der Waals surface area (Å²) in [6, 6.07) is 3.66. The number of rotatable bonds is 6. The quantitative estimate of drug-likeness (QED) is 0.288. The van der Waals surface area contributed by atoms with Gasteiger partial charge in [-0.3, -0.25) is 0 Å². The van der Waals surface area contributed by atoms with E-state index in [0.29, 0.717) is 12.1 Å². The van der Waals surface area contributed by atoms with Crippen LogP contribution < -0.4 is 9.47 Å². The van der Waals surface area contributed by atoms with Crippen LogP contribution in [-0.4, -0.2) is 26.2 Å². The molecule has 0 heterocycles. The predicted molar refractivity (Wildman–Crippen MR) is 97.1 cm³/mol. The van der Waals surface area contributed by atoms with Crippen molar-refractivity contribution in [2.45, 2.75) is 4.90 Å². The first-order chi connectivity index (χ1) is 11.6. The molecule has 0 aliphatic heterocycles. The molecule has 25 heavy (non-hydrogen) atoms. The van der Waals surface area contributed by atoms with Gasteiger partial charge in [0.25, 0.3) is 0 Å². The molecule has 0 aliphatic rings. The normalized spacial score (nSPS) is 11.4. The summed E-state index contributed by atoms with van der Waals surface area (Å²) >= 11 is 3.38. The Bertz CT molecular complexity index is 859. The Morgan fingerprint density at radius 3 is 1.88 bits per heavy atom. The van der Waals surface area contributed by atoms with E-state index in [2.05, 4.69) is 0 Å². The van der Waals surface area contributed by atoms with Crippen molar-refractivity contribution in [3.63, 3.8) is 0 Å². The Morgan fingerprint density at radius 1 is 0.920 bits per heavy atom. The number of hydrogen-bond donors (Lipinski definition) is 0. The summed E-state index contributed by atoms with van der Waals surface area (Å²) < 4.78 is 83.6. The molecule has 2 rings (SSSR count). The Hall–Kier alpha value is -0.800. The van der Waals surface area contributed by atoms with E-state index in [-0.39, 0.29) is 31.0 Å². The first-order valence-corrected chi connectivity index (χ1v) is 10.0. The van der Waals surface area contributed by atoms with E-state index in [1.165, 1.54) is 12.1 Å². The summed E-state index contributed by atoms with van der Waals surface area (Å²) in [7, 11) is -4.61. The molecule has 0 radical (unpaired) electrons. The van der Waals surface area contributed by atoms with Crippen LogP contribution in [0.15, 0.2) is 29.2 Å². The highest BCUT2D eigenvalue weighted by Crippen LogP contribution is 2.29. The molecule has 0 saturated carbocycles. The highest BCUT2D eigenvalue weighted by molar-refractivity contribution is 14.1. The molecule has 0 spiro atoms. The van der Waals surface area contributed by atoms with Crippen molar-refractivity contribution in [1.82, 2.24) is 0 Å². The molecular weight excluding hydrogens is 591 g/mol. The van der Waals surface area contributed by atoms with Crippen molar-refractivity contribution in [2.24, 2.45) is 0 Å². The first-order valence-electron chi connectivity index (χ1n) is 6.44. The Labute approximate surface area is 168 Å². The largest absolute Gasteiger partial charge is 0.744 e. The molecule has 0 saturated heterocycles. The average Bonchev–Trinajstić information content (AvgIpc) is 2.43. The summed E-state index contributed by atoms with van der Waals surface area (Å²) in [5, 5.41) is 0. The monoisotopic (exact) mass is 599 g/mol.